The minimum absolute atomic E-state index is 0.0260. The van der Waals surface area contributed by atoms with Crippen molar-refractivity contribution in [3.05, 3.63) is 28.3 Å². The molecule has 0 spiro atoms. The average Bonchev–Trinajstić information content (AvgIpc) is 3.37. The number of methoxy groups -OCH3 is 1. The summed E-state index contributed by atoms with van der Waals surface area (Å²) in [7, 11) is 1.43. The molecule has 7 heteroatoms. The molecule has 7 nitrogen and oxygen atoms in total. The van der Waals surface area contributed by atoms with Gasteiger partial charge in [-0.05, 0) is 18.9 Å². The van der Waals surface area contributed by atoms with Crippen molar-refractivity contribution < 1.29 is 14.4 Å². The SMILES string of the molecule is COc1cc(NCC2CN(C3CC3)CCO2)ccc1[N+](=O)[O-]. The summed E-state index contributed by atoms with van der Waals surface area (Å²) in [6, 6.07) is 5.56. The van der Waals surface area contributed by atoms with E-state index < -0.39 is 4.92 Å². The van der Waals surface area contributed by atoms with Gasteiger partial charge in [-0.15, -0.1) is 0 Å². The number of nitro groups is 1. The first-order valence-corrected chi connectivity index (χ1v) is 7.59. The molecule has 1 aromatic carbocycles. The first-order chi connectivity index (χ1) is 10.7. The van der Waals surface area contributed by atoms with E-state index >= 15 is 0 Å². The number of hydrogen-bond acceptors (Lipinski definition) is 6. The molecule has 1 saturated carbocycles. The predicted molar refractivity (Wildman–Crippen MR) is 82.5 cm³/mol. The topological polar surface area (TPSA) is 76.9 Å². The van der Waals surface area contributed by atoms with Crippen LogP contribution in [0.15, 0.2) is 18.2 Å². The largest absolute Gasteiger partial charge is 0.490 e. The van der Waals surface area contributed by atoms with Gasteiger partial charge in [-0.25, -0.2) is 0 Å². The lowest BCUT2D eigenvalue weighted by atomic mass is 10.2. The quantitative estimate of drug-likeness (QED) is 0.639. The van der Waals surface area contributed by atoms with Gasteiger partial charge in [0.25, 0.3) is 0 Å². The standard InChI is InChI=1S/C15H21N3O4/c1-21-15-8-11(2-5-14(15)18(19)20)16-9-13-10-17(6-7-22-13)12-3-4-12/h2,5,8,12-13,16H,3-4,6-7,9-10H2,1H3. The van der Waals surface area contributed by atoms with Crippen LogP contribution < -0.4 is 10.1 Å². The molecule has 1 unspecified atom stereocenters. The number of rotatable bonds is 6. The molecule has 1 atom stereocenters. The molecule has 0 radical (unpaired) electrons. The van der Waals surface area contributed by atoms with Crippen LogP contribution in [0.3, 0.4) is 0 Å². The Balaban J connectivity index is 1.57. The summed E-state index contributed by atoms with van der Waals surface area (Å²) in [5, 5.41) is 14.2. The number of morpholine rings is 1. The summed E-state index contributed by atoms with van der Waals surface area (Å²) in [5.74, 6) is 0.263. The fourth-order valence-electron chi connectivity index (χ4n) is 2.81. The molecule has 2 fully saturated rings. The molecule has 2 aliphatic rings. The van der Waals surface area contributed by atoms with Gasteiger partial charge >= 0.3 is 5.69 Å². The summed E-state index contributed by atoms with van der Waals surface area (Å²) in [6.07, 6.45) is 2.76. The third kappa shape index (κ3) is 3.48. The van der Waals surface area contributed by atoms with E-state index in [1.165, 1.54) is 26.0 Å². The summed E-state index contributed by atoms with van der Waals surface area (Å²) in [6.45, 7) is 3.42. The molecule has 0 bridgehead atoms. The fraction of sp³-hybridized carbons (Fsp3) is 0.600. The summed E-state index contributed by atoms with van der Waals surface area (Å²) in [5.41, 5.74) is 0.775. The van der Waals surface area contributed by atoms with E-state index in [1.54, 1.807) is 12.1 Å². The van der Waals surface area contributed by atoms with Gasteiger partial charge in [0.15, 0.2) is 5.75 Å². The molecule has 0 aromatic heterocycles. The monoisotopic (exact) mass is 307 g/mol. The van der Waals surface area contributed by atoms with Crippen molar-refractivity contribution >= 4 is 11.4 Å². The Morgan fingerprint density at radius 2 is 2.32 bits per heavy atom. The van der Waals surface area contributed by atoms with Crippen molar-refractivity contribution in [2.45, 2.75) is 25.0 Å². The smallest absolute Gasteiger partial charge is 0.311 e. The number of hydrogen-bond donors (Lipinski definition) is 1. The maximum Gasteiger partial charge on any atom is 0.311 e. The normalized spacial score (nSPS) is 22.3. The zero-order chi connectivity index (χ0) is 15.5. The highest BCUT2D eigenvalue weighted by molar-refractivity contribution is 5.58. The van der Waals surface area contributed by atoms with Crippen molar-refractivity contribution in [3.8, 4) is 5.75 Å². The van der Waals surface area contributed by atoms with Crippen LogP contribution in [0.25, 0.3) is 0 Å². The molecule has 1 aliphatic carbocycles. The van der Waals surface area contributed by atoms with Gasteiger partial charge in [0, 0.05) is 43.5 Å². The van der Waals surface area contributed by atoms with Gasteiger partial charge in [0.2, 0.25) is 0 Å². The Labute approximate surface area is 129 Å². The first kappa shape index (κ1) is 15.1. The second kappa shape index (κ2) is 6.50. The summed E-state index contributed by atoms with van der Waals surface area (Å²) in [4.78, 5) is 12.9. The maximum atomic E-state index is 10.9. The molecule has 1 saturated heterocycles. The van der Waals surface area contributed by atoms with Crippen LogP contribution in [0.4, 0.5) is 11.4 Å². The van der Waals surface area contributed by atoms with E-state index in [9.17, 15) is 10.1 Å². The Bertz CT molecular complexity index is 548. The lowest BCUT2D eigenvalue weighted by Crippen LogP contribution is -2.46. The number of nitrogens with one attached hydrogen (secondary N) is 1. The number of ether oxygens (including phenoxy) is 2. The third-order valence-corrected chi connectivity index (χ3v) is 4.14. The summed E-state index contributed by atoms with van der Waals surface area (Å²) < 4.78 is 10.9. The van der Waals surface area contributed by atoms with E-state index in [0.29, 0.717) is 6.54 Å². The highest BCUT2D eigenvalue weighted by Crippen LogP contribution is 2.30. The van der Waals surface area contributed by atoms with Gasteiger partial charge in [0.1, 0.15) is 0 Å². The molecule has 0 amide bonds. The number of nitrogens with zero attached hydrogens (tertiary/aromatic N) is 2. The predicted octanol–water partition coefficient (Wildman–Crippen LogP) is 1.88. The molecule has 120 valence electrons. The second-order valence-corrected chi connectivity index (χ2v) is 5.74. The van der Waals surface area contributed by atoms with E-state index in [2.05, 4.69) is 10.2 Å². The second-order valence-electron chi connectivity index (χ2n) is 5.74. The molecular formula is C15H21N3O4. The van der Waals surface area contributed by atoms with Crippen molar-refractivity contribution in [2.75, 3.05) is 38.7 Å². The molecule has 1 aromatic rings. The van der Waals surface area contributed by atoms with Crippen molar-refractivity contribution in [1.29, 1.82) is 0 Å². The Morgan fingerprint density at radius 1 is 1.50 bits per heavy atom. The zero-order valence-corrected chi connectivity index (χ0v) is 12.7. The summed E-state index contributed by atoms with van der Waals surface area (Å²) >= 11 is 0. The maximum absolute atomic E-state index is 10.9. The van der Waals surface area contributed by atoms with Gasteiger partial charge in [-0.2, -0.15) is 0 Å². The molecule has 22 heavy (non-hydrogen) atoms. The van der Waals surface area contributed by atoms with E-state index in [0.717, 1.165) is 31.4 Å². The Kier molecular flexibility index (Phi) is 4.44. The molecule has 1 heterocycles. The lowest BCUT2D eigenvalue weighted by molar-refractivity contribution is -0.385. The van der Waals surface area contributed by atoms with Crippen LogP contribution in [0.2, 0.25) is 0 Å². The van der Waals surface area contributed by atoms with Crippen LogP contribution in [0.1, 0.15) is 12.8 Å². The van der Waals surface area contributed by atoms with E-state index in [4.69, 9.17) is 9.47 Å². The van der Waals surface area contributed by atoms with Crippen molar-refractivity contribution in [3.63, 3.8) is 0 Å². The average molecular weight is 307 g/mol. The minimum Gasteiger partial charge on any atom is -0.490 e. The first-order valence-electron chi connectivity index (χ1n) is 7.59. The van der Waals surface area contributed by atoms with Gasteiger partial charge in [-0.3, -0.25) is 15.0 Å². The minimum atomic E-state index is -0.444. The van der Waals surface area contributed by atoms with E-state index in [-0.39, 0.29) is 17.5 Å². The zero-order valence-electron chi connectivity index (χ0n) is 12.7. The van der Waals surface area contributed by atoms with Crippen molar-refractivity contribution in [2.24, 2.45) is 0 Å². The Hall–Kier alpha value is -1.86. The number of anilines is 1. The molecule has 3 rings (SSSR count). The van der Waals surface area contributed by atoms with E-state index in [1.807, 2.05) is 0 Å². The van der Waals surface area contributed by atoms with Crippen molar-refractivity contribution in [1.82, 2.24) is 4.90 Å². The fourth-order valence-corrected chi connectivity index (χ4v) is 2.81. The van der Waals surface area contributed by atoms with Gasteiger partial charge in [0.05, 0.1) is 24.7 Å². The van der Waals surface area contributed by atoms with Gasteiger partial charge in [-0.1, -0.05) is 0 Å². The van der Waals surface area contributed by atoms with Gasteiger partial charge < -0.3 is 14.8 Å². The third-order valence-electron chi connectivity index (χ3n) is 4.14. The molecule has 1 N–H and O–H groups in total. The van der Waals surface area contributed by atoms with Crippen LogP contribution in [0, 0.1) is 10.1 Å². The number of benzene rings is 1. The van der Waals surface area contributed by atoms with Crippen LogP contribution in [0.5, 0.6) is 5.75 Å². The highest BCUT2D eigenvalue weighted by Gasteiger charge is 2.32. The van der Waals surface area contributed by atoms with Crippen LogP contribution in [-0.4, -0.2) is 55.3 Å². The highest BCUT2D eigenvalue weighted by atomic mass is 16.6. The molecular weight excluding hydrogens is 286 g/mol. The van der Waals surface area contributed by atoms with Crippen LogP contribution in [-0.2, 0) is 4.74 Å². The Morgan fingerprint density at radius 3 is 3.00 bits per heavy atom. The lowest BCUT2D eigenvalue weighted by Gasteiger charge is -2.33. The molecule has 1 aliphatic heterocycles. The number of nitro benzene ring substituents is 1. The van der Waals surface area contributed by atoms with Crippen LogP contribution >= 0.6 is 0 Å².